The van der Waals surface area contributed by atoms with Gasteiger partial charge in [-0.05, 0) is 25.2 Å². The molecule has 0 aromatic rings. The molecule has 106 valence electrons. The third-order valence-corrected chi connectivity index (χ3v) is 3.91. The van der Waals surface area contributed by atoms with Gasteiger partial charge in [0.05, 0.1) is 10.4 Å². The lowest BCUT2D eigenvalue weighted by Crippen LogP contribution is -2.48. The molecule has 0 aliphatic heterocycles. The van der Waals surface area contributed by atoms with Crippen molar-refractivity contribution in [3.8, 4) is 0 Å². The van der Waals surface area contributed by atoms with Crippen LogP contribution in [0.25, 0.3) is 0 Å². The van der Waals surface area contributed by atoms with E-state index in [0.29, 0.717) is 19.6 Å². The molecule has 1 amide bonds. The molecule has 0 rings (SSSR count). The van der Waals surface area contributed by atoms with Crippen LogP contribution in [0.2, 0.25) is 0 Å². The molecule has 18 heavy (non-hydrogen) atoms. The number of amides is 1. The minimum absolute atomic E-state index is 0.00343. The monoisotopic (exact) mass is 274 g/mol. The van der Waals surface area contributed by atoms with E-state index in [-0.39, 0.29) is 16.3 Å². The molecule has 1 atom stereocenters. The van der Waals surface area contributed by atoms with Crippen molar-refractivity contribution < 1.29 is 9.53 Å². The number of carbonyl (C=O) groups excluding carboxylic acids is 1. The largest absolute Gasteiger partial charge is 0.392 e. The summed E-state index contributed by atoms with van der Waals surface area (Å²) in [4.78, 5) is 12.4. The van der Waals surface area contributed by atoms with Crippen LogP contribution in [0.5, 0.6) is 0 Å². The number of nitrogens with one attached hydrogen (secondary N) is 1. The van der Waals surface area contributed by atoms with Crippen LogP contribution < -0.4 is 11.1 Å². The minimum atomic E-state index is -0.757. The number of hydrogen-bond acceptors (Lipinski definition) is 3. The van der Waals surface area contributed by atoms with Gasteiger partial charge < -0.3 is 15.8 Å². The molecule has 0 spiro atoms. The second-order valence-corrected chi connectivity index (χ2v) is 6.08. The molecular weight excluding hydrogens is 248 g/mol. The van der Waals surface area contributed by atoms with Crippen LogP contribution in [-0.2, 0) is 9.53 Å². The predicted molar refractivity (Wildman–Crippen MR) is 78.5 cm³/mol. The smallest absolute Gasteiger partial charge is 0.232 e. The number of hydrogen-bond donors (Lipinski definition) is 2. The Kier molecular flexibility index (Phi) is 6.78. The van der Waals surface area contributed by atoms with Crippen molar-refractivity contribution in [1.82, 2.24) is 5.32 Å². The summed E-state index contributed by atoms with van der Waals surface area (Å²) in [5.74, 6) is -0.0945. The van der Waals surface area contributed by atoms with Crippen LogP contribution in [0.3, 0.4) is 0 Å². The molecule has 0 fully saturated rings. The van der Waals surface area contributed by atoms with E-state index in [2.05, 4.69) is 19.2 Å². The van der Waals surface area contributed by atoms with E-state index in [4.69, 9.17) is 22.7 Å². The highest BCUT2D eigenvalue weighted by molar-refractivity contribution is 7.80. The number of ether oxygens (including phenoxy) is 1. The van der Waals surface area contributed by atoms with E-state index in [1.54, 1.807) is 14.0 Å². The van der Waals surface area contributed by atoms with E-state index in [9.17, 15) is 4.79 Å². The summed E-state index contributed by atoms with van der Waals surface area (Å²) in [6.45, 7) is 9.16. The zero-order chi connectivity index (χ0) is 14.4. The van der Waals surface area contributed by atoms with Crippen molar-refractivity contribution in [2.75, 3.05) is 20.3 Å². The van der Waals surface area contributed by atoms with Crippen LogP contribution in [0.1, 0.15) is 40.5 Å². The van der Waals surface area contributed by atoms with Gasteiger partial charge in [-0.15, -0.1) is 0 Å². The minimum Gasteiger partial charge on any atom is -0.392 e. The van der Waals surface area contributed by atoms with Crippen molar-refractivity contribution in [1.29, 1.82) is 0 Å². The van der Waals surface area contributed by atoms with E-state index >= 15 is 0 Å². The topological polar surface area (TPSA) is 64.3 Å². The number of carbonyl (C=O) groups is 1. The van der Waals surface area contributed by atoms with Crippen molar-refractivity contribution in [3.63, 3.8) is 0 Å². The Hall–Kier alpha value is -0.680. The predicted octanol–water partition coefficient (Wildman–Crippen LogP) is 1.87. The first kappa shape index (κ1) is 17.3. The molecule has 0 bridgehead atoms. The lowest BCUT2D eigenvalue weighted by Gasteiger charge is -2.30. The SMILES string of the molecule is CCC(C)(C(=O)NCC(C)(C)CCOC)C(N)=S. The molecule has 0 aromatic carbocycles. The average Bonchev–Trinajstić information content (AvgIpc) is 2.32. The average molecular weight is 274 g/mol. The van der Waals surface area contributed by atoms with Gasteiger partial charge in [0, 0.05) is 20.3 Å². The fraction of sp³-hybridized carbons (Fsp3) is 0.846. The molecule has 4 nitrogen and oxygen atoms in total. The molecular formula is C13H26N2O2S. The Balaban J connectivity index is 4.45. The molecule has 0 saturated carbocycles. The van der Waals surface area contributed by atoms with Gasteiger partial charge in [-0.25, -0.2) is 0 Å². The first-order chi connectivity index (χ1) is 8.19. The Morgan fingerprint density at radius 3 is 2.33 bits per heavy atom. The lowest BCUT2D eigenvalue weighted by atomic mass is 9.85. The van der Waals surface area contributed by atoms with Gasteiger partial charge >= 0.3 is 0 Å². The summed E-state index contributed by atoms with van der Waals surface area (Å²) < 4.78 is 5.06. The Morgan fingerprint density at radius 1 is 1.39 bits per heavy atom. The summed E-state index contributed by atoms with van der Waals surface area (Å²) in [6.07, 6.45) is 1.49. The zero-order valence-corrected chi connectivity index (χ0v) is 12.9. The number of thiocarbonyl (C=S) groups is 1. The molecule has 0 heterocycles. The van der Waals surface area contributed by atoms with Crippen LogP contribution in [-0.4, -0.2) is 31.2 Å². The maximum atomic E-state index is 12.1. The molecule has 3 N–H and O–H groups in total. The third-order valence-electron chi connectivity index (χ3n) is 3.46. The van der Waals surface area contributed by atoms with Gasteiger partial charge in [-0.3, -0.25) is 4.79 Å². The van der Waals surface area contributed by atoms with Gasteiger partial charge in [-0.1, -0.05) is 33.0 Å². The third kappa shape index (κ3) is 4.90. The molecule has 0 aliphatic carbocycles. The summed E-state index contributed by atoms with van der Waals surface area (Å²) in [5, 5.41) is 2.94. The van der Waals surface area contributed by atoms with Crippen molar-refractivity contribution in [2.45, 2.75) is 40.5 Å². The zero-order valence-electron chi connectivity index (χ0n) is 12.1. The van der Waals surface area contributed by atoms with Gasteiger partial charge in [0.2, 0.25) is 5.91 Å². The van der Waals surface area contributed by atoms with Crippen LogP contribution in [0.4, 0.5) is 0 Å². The highest BCUT2D eigenvalue weighted by atomic mass is 32.1. The first-order valence-corrected chi connectivity index (χ1v) is 6.67. The van der Waals surface area contributed by atoms with E-state index < -0.39 is 5.41 Å². The Morgan fingerprint density at radius 2 is 1.94 bits per heavy atom. The normalized spacial score (nSPS) is 14.9. The first-order valence-electron chi connectivity index (χ1n) is 6.27. The molecule has 0 radical (unpaired) electrons. The van der Waals surface area contributed by atoms with E-state index in [1.165, 1.54) is 0 Å². The second-order valence-electron chi connectivity index (χ2n) is 5.64. The summed E-state index contributed by atoms with van der Waals surface area (Å²) in [5.41, 5.74) is 4.89. The number of nitrogens with two attached hydrogens (primary N) is 1. The van der Waals surface area contributed by atoms with E-state index in [0.717, 1.165) is 6.42 Å². The molecule has 0 aliphatic rings. The van der Waals surface area contributed by atoms with Crippen molar-refractivity contribution in [2.24, 2.45) is 16.6 Å². The fourth-order valence-electron chi connectivity index (χ4n) is 1.43. The number of methoxy groups -OCH3 is 1. The van der Waals surface area contributed by atoms with Crippen LogP contribution in [0, 0.1) is 10.8 Å². The van der Waals surface area contributed by atoms with Gasteiger partial charge in [-0.2, -0.15) is 0 Å². The summed E-state index contributed by atoms with van der Waals surface area (Å²) in [6, 6.07) is 0. The quantitative estimate of drug-likeness (QED) is 0.663. The highest BCUT2D eigenvalue weighted by Crippen LogP contribution is 2.23. The maximum Gasteiger partial charge on any atom is 0.232 e. The molecule has 1 unspecified atom stereocenters. The summed E-state index contributed by atoms with van der Waals surface area (Å²) in [7, 11) is 1.68. The van der Waals surface area contributed by atoms with Crippen molar-refractivity contribution >= 4 is 23.1 Å². The van der Waals surface area contributed by atoms with Crippen molar-refractivity contribution in [3.05, 3.63) is 0 Å². The molecule has 0 aromatic heterocycles. The number of rotatable bonds is 8. The van der Waals surface area contributed by atoms with Gasteiger partial charge in [0.15, 0.2) is 0 Å². The van der Waals surface area contributed by atoms with Crippen LogP contribution in [0.15, 0.2) is 0 Å². The molecule has 5 heteroatoms. The lowest BCUT2D eigenvalue weighted by molar-refractivity contribution is -0.127. The summed E-state index contributed by atoms with van der Waals surface area (Å²) >= 11 is 4.98. The second kappa shape index (κ2) is 7.04. The van der Waals surface area contributed by atoms with Gasteiger partial charge in [0.25, 0.3) is 0 Å². The standard InChI is InChI=1S/C13H26N2O2S/c1-6-13(4,10(14)18)11(16)15-9-12(2,3)7-8-17-5/h6-9H2,1-5H3,(H2,14,18)(H,15,16). The maximum absolute atomic E-state index is 12.1. The Bertz CT molecular complexity index is 305. The van der Waals surface area contributed by atoms with E-state index in [1.807, 2.05) is 6.92 Å². The van der Waals surface area contributed by atoms with Crippen LogP contribution >= 0.6 is 12.2 Å². The fourth-order valence-corrected chi connectivity index (χ4v) is 1.67. The van der Waals surface area contributed by atoms with Gasteiger partial charge in [0.1, 0.15) is 0 Å². The highest BCUT2D eigenvalue weighted by Gasteiger charge is 2.35. The molecule has 0 saturated heterocycles. The Labute approximate surface area is 116 Å².